The maximum Gasteiger partial charge on any atom is 0.253 e. The first-order chi connectivity index (χ1) is 9.19. The Balaban J connectivity index is 1.66. The van der Waals surface area contributed by atoms with Gasteiger partial charge in [0.1, 0.15) is 4.93 Å². The fourth-order valence-electron chi connectivity index (χ4n) is 2.64. The van der Waals surface area contributed by atoms with E-state index >= 15 is 0 Å². The van der Waals surface area contributed by atoms with E-state index < -0.39 is 0 Å². The van der Waals surface area contributed by atoms with Crippen molar-refractivity contribution in [2.24, 2.45) is 0 Å². The molecular formula is C14H16ClNO2S. The van der Waals surface area contributed by atoms with E-state index in [4.69, 9.17) is 16.3 Å². The smallest absolute Gasteiger partial charge is 0.253 e. The Kier molecular flexibility index (Phi) is 3.74. The van der Waals surface area contributed by atoms with Crippen LogP contribution in [0.1, 0.15) is 23.2 Å². The number of carbonyl (C=O) groups excluding carboxylic acids is 1. The van der Waals surface area contributed by atoms with E-state index in [0.717, 1.165) is 38.3 Å². The van der Waals surface area contributed by atoms with Gasteiger partial charge in [0.2, 0.25) is 0 Å². The predicted octanol–water partition coefficient (Wildman–Crippen LogP) is 3.04. The molecule has 1 spiro atoms. The van der Waals surface area contributed by atoms with Crippen LogP contribution in [-0.4, -0.2) is 41.2 Å². The zero-order chi connectivity index (χ0) is 13.3. The lowest BCUT2D eigenvalue weighted by Crippen LogP contribution is -2.45. The number of halogens is 1. The Bertz CT molecular complexity index is 478. The fraction of sp³-hybridized carbons (Fsp3) is 0.500. The first-order valence-corrected chi connectivity index (χ1v) is 7.88. The lowest BCUT2D eigenvalue weighted by atomic mass is 10.1. The second kappa shape index (κ2) is 5.35. The van der Waals surface area contributed by atoms with Crippen molar-refractivity contribution < 1.29 is 9.53 Å². The highest BCUT2D eigenvalue weighted by Crippen LogP contribution is 2.41. The minimum Gasteiger partial charge on any atom is -0.363 e. The molecule has 2 aliphatic rings. The summed E-state index contributed by atoms with van der Waals surface area (Å²) >= 11 is 7.83. The van der Waals surface area contributed by atoms with Crippen LogP contribution < -0.4 is 0 Å². The normalized spacial score (nSPS) is 21.8. The number of piperidine rings is 1. The van der Waals surface area contributed by atoms with Crippen LogP contribution >= 0.6 is 23.4 Å². The molecule has 0 aliphatic carbocycles. The Morgan fingerprint density at radius 2 is 2.16 bits per heavy atom. The molecule has 0 unspecified atom stereocenters. The highest BCUT2D eigenvalue weighted by Gasteiger charge is 2.40. The van der Waals surface area contributed by atoms with Gasteiger partial charge in [-0.15, -0.1) is 11.8 Å². The molecule has 0 N–H and O–H groups in total. The van der Waals surface area contributed by atoms with E-state index in [1.807, 2.05) is 28.8 Å². The largest absolute Gasteiger partial charge is 0.363 e. The first kappa shape index (κ1) is 13.3. The number of nitrogens with zero attached hydrogens (tertiary/aromatic N) is 1. The zero-order valence-electron chi connectivity index (χ0n) is 10.6. The molecule has 102 valence electrons. The van der Waals surface area contributed by atoms with Gasteiger partial charge in [-0.25, -0.2) is 0 Å². The van der Waals surface area contributed by atoms with E-state index in [0.29, 0.717) is 10.6 Å². The number of rotatable bonds is 1. The van der Waals surface area contributed by atoms with Gasteiger partial charge >= 0.3 is 0 Å². The molecular weight excluding hydrogens is 282 g/mol. The van der Waals surface area contributed by atoms with Crippen LogP contribution in [0.4, 0.5) is 0 Å². The minimum atomic E-state index is -0.0227. The van der Waals surface area contributed by atoms with Crippen molar-refractivity contribution in [3.05, 3.63) is 34.9 Å². The Hall–Kier alpha value is -0.710. The van der Waals surface area contributed by atoms with Gasteiger partial charge in [0.15, 0.2) is 0 Å². The Morgan fingerprint density at radius 1 is 1.37 bits per heavy atom. The molecule has 2 heterocycles. The van der Waals surface area contributed by atoms with Gasteiger partial charge in [0, 0.05) is 42.3 Å². The van der Waals surface area contributed by atoms with Crippen molar-refractivity contribution >= 4 is 29.3 Å². The number of hydrogen-bond acceptors (Lipinski definition) is 3. The third kappa shape index (κ3) is 2.76. The van der Waals surface area contributed by atoms with Crippen molar-refractivity contribution in [1.29, 1.82) is 0 Å². The number of amides is 1. The second-order valence-corrected chi connectivity index (χ2v) is 6.79. The molecule has 1 aromatic carbocycles. The van der Waals surface area contributed by atoms with Gasteiger partial charge in [-0.3, -0.25) is 4.79 Å². The molecule has 2 fully saturated rings. The van der Waals surface area contributed by atoms with Gasteiger partial charge in [-0.1, -0.05) is 17.7 Å². The quantitative estimate of drug-likeness (QED) is 0.798. The number of ether oxygens (including phenoxy) is 1. The van der Waals surface area contributed by atoms with Crippen LogP contribution in [0.25, 0.3) is 0 Å². The summed E-state index contributed by atoms with van der Waals surface area (Å²) < 4.78 is 5.84. The van der Waals surface area contributed by atoms with Crippen LogP contribution in [0.5, 0.6) is 0 Å². The van der Waals surface area contributed by atoms with Gasteiger partial charge in [0.05, 0.1) is 6.61 Å². The molecule has 1 aromatic rings. The maximum atomic E-state index is 12.4. The predicted molar refractivity (Wildman–Crippen MR) is 77.7 cm³/mol. The van der Waals surface area contributed by atoms with Crippen molar-refractivity contribution in [2.45, 2.75) is 17.8 Å². The molecule has 1 amide bonds. The lowest BCUT2D eigenvalue weighted by Gasteiger charge is -2.37. The highest BCUT2D eigenvalue weighted by atomic mass is 35.5. The molecule has 0 atom stereocenters. The summed E-state index contributed by atoms with van der Waals surface area (Å²) in [6.07, 6.45) is 1.84. The summed E-state index contributed by atoms with van der Waals surface area (Å²) in [4.78, 5) is 14.3. The van der Waals surface area contributed by atoms with E-state index in [-0.39, 0.29) is 10.8 Å². The SMILES string of the molecule is O=C(c1cccc(Cl)c1)N1CCC2(CC1)OCCS2. The van der Waals surface area contributed by atoms with E-state index in [9.17, 15) is 4.79 Å². The van der Waals surface area contributed by atoms with Crippen molar-refractivity contribution in [2.75, 3.05) is 25.4 Å². The lowest BCUT2D eigenvalue weighted by molar-refractivity contribution is 0.00353. The van der Waals surface area contributed by atoms with Gasteiger partial charge in [-0.2, -0.15) is 0 Å². The molecule has 3 nitrogen and oxygen atoms in total. The summed E-state index contributed by atoms with van der Waals surface area (Å²) in [5.41, 5.74) is 0.670. The number of carbonyl (C=O) groups is 1. The number of benzene rings is 1. The second-order valence-electron chi connectivity index (χ2n) is 4.91. The number of hydrogen-bond donors (Lipinski definition) is 0. The first-order valence-electron chi connectivity index (χ1n) is 6.51. The summed E-state index contributed by atoms with van der Waals surface area (Å²) in [6.45, 7) is 2.36. The van der Waals surface area contributed by atoms with Crippen molar-refractivity contribution in [1.82, 2.24) is 4.90 Å². The molecule has 5 heteroatoms. The minimum absolute atomic E-state index is 0.0227. The van der Waals surface area contributed by atoms with Crippen molar-refractivity contribution in [3.63, 3.8) is 0 Å². The van der Waals surface area contributed by atoms with E-state index in [1.54, 1.807) is 12.1 Å². The summed E-state index contributed by atoms with van der Waals surface area (Å²) in [5.74, 6) is 1.14. The van der Waals surface area contributed by atoms with Crippen LogP contribution in [-0.2, 0) is 4.74 Å². The summed E-state index contributed by atoms with van der Waals surface area (Å²) in [5, 5.41) is 0.606. The maximum absolute atomic E-state index is 12.4. The van der Waals surface area contributed by atoms with Crippen LogP contribution in [0.2, 0.25) is 5.02 Å². The Morgan fingerprint density at radius 3 is 2.79 bits per heavy atom. The molecule has 0 radical (unpaired) electrons. The summed E-state index contributed by atoms with van der Waals surface area (Å²) in [7, 11) is 0. The topological polar surface area (TPSA) is 29.5 Å². The molecule has 19 heavy (non-hydrogen) atoms. The monoisotopic (exact) mass is 297 g/mol. The summed E-state index contributed by atoms with van der Waals surface area (Å²) in [6, 6.07) is 7.15. The van der Waals surface area contributed by atoms with E-state index in [1.165, 1.54) is 0 Å². The van der Waals surface area contributed by atoms with Crippen LogP contribution in [0, 0.1) is 0 Å². The third-order valence-electron chi connectivity index (χ3n) is 3.70. The average Bonchev–Trinajstić information content (AvgIpc) is 2.87. The number of thioether (sulfide) groups is 1. The highest BCUT2D eigenvalue weighted by molar-refractivity contribution is 8.00. The molecule has 3 rings (SSSR count). The van der Waals surface area contributed by atoms with Crippen LogP contribution in [0.3, 0.4) is 0 Å². The zero-order valence-corrected chi connectivity index (χ0v) is 12.2. The standard InChI is InChI=1S/C14H16ClNO2S/c15-12-3-1-2-11(10-12)13(17)16-6-4-14(5-7-16)18-8-9-19-14/h1-3,10H,4-9H2. The molecule has 2 aliphatic heterocycles. The molecule has 0 aromatic heterocycles. The van der Waals surface area contributed by atoms with Crippen molar-refractivity contribution in [3.8, 4) is 0 Å². The Labute approximate surface area is 122 Å². The number of likely N-dealkylation sites (tertiary alicyclic amines) is 1. The molecule has 0 saturated carbocycles. The van der Waals surface area contributed by atoms with Gasteiger partial charge in [-0.05, 0) is 18.2 Å². The average molecular weight is 298 g/mol. The van der Waals surface area contributed by atoms with Crippen LogP contribution in [0.15, 0.2) is 24.3 Å². The van der Waals surface area contributed by atoms with Gasteiger partial charge in [0.25, 0.3) is 5.91 Å². The fourth-order valence-corrected chi connectivity index (χ4v) is 4.01. The molecule has 0 bridgehead atoms. The van der Waals surface area contributed by atoms with Gasteiger partial charge < -0.3 is 9.64 Å². The molecule has 2 saturated heterocycles. The van der Waals surface area contributed by atoms with E-state index in [2.05, 4.69) is 0 Å². The third-order valence-corrected chi connectivity index (χ3v) is 5.36.